The van der Waals surface area contributed by atoms with Crippen molar-refractivity contribution in [3.8, 4) is 17.2 Å². The Morgan fingerprint density at radius 3 is 2.20 bits per heavy atom. The van der Waals surface area contributed by atoms with E-state index in [4.69, 9.17) is 14.2 Å². The van der Waals surface area contributed by atoms with Crippen molar-refractivity contribution in [2.75, 3.05) is 27.4 Å². The van der Waals surface area contributed by atoms with Crippen molar-refractivity contribution in [1.29, 1.82) is 0 Å². The molecule has 0 saturated heterocycles. The SMILES string of the molecule is CCCNC(CCC)COc1c(OC)cccc1OC. The van der Waals surface area contributed by atoms with Crippen LogP contribution in [0.1, 0.15) is 33.1 Å². The van der Waals surface area contributed by atoms with E-state index in [1.165, 1.54) is 0 Å². The first-order chi connectivity index (χ1) is 9.76. The van der Waals surface area contributed by atoms with Crippen LogP contribution in [0.2, 0.25) is 0 Å². The fourth-order valence-electron chi connectivity index (χ4n) is 2.08. The van der Waals surface area contributed by atoms with Crippen molar-refractivity contribution in [2.45, 2.75) is 39.2 Å². The summed E-state index contributed by atoms with van der Waals surface area (Å²) >= 11 is 0. The van der Waals surface area contributed by atoms with Gasteiger partial charge in [-0.15, -0.1) is 0 Å². The second kappa shape index (κ2) is 9.48. The lowest BCUT2D eigenvalue weighted by atomic mass is 10.2. The third-order valence-electron chi connectivity index (χ3n) is 3.13. The Labute approximate surface area is 122 Å². The molecule has 0 aliphatic heterocycles. The molecule has 1 N–H and O–H groups in total. The van der Waals surface area contributed by atoms with Gasteiger partial charge in [0.15, 0.2) is 11.5 Å². The number of ether oxygens (including phenoxy) is 3. The first-order valence-electron chi connectivity index (χ1n) is 7.33. The molecule has 0 spiro atoms. The lowest BCUT2D eigenvalue weighted by molar-refractivity contribution is 0.233. The van der Waals surface area contributed by atoms with E-state index in [1.807, 2.05) is 18.2 Å². The number of hydrogen-bond acceptors (Lipinski definition) is 4. The van der Waals surface area contributed by atoms with Crippen LogP contribution in [-0.4, -0.2) is 33.4 Å². The fraction of sp³-hybridized carbons (Fsp3) is 0.625. The van der Waals surface area contributed by atoms with Gasteiger partial charge in [0.25, 0.3) is 0 Å². The molecule has 0 aliphatic rings. The number of benzene rings is 1. The maximum atomic E-state index is 5.95. The molecule has 20 heavy (non-hydrogen) atoms. The lowest BCUT2D eigenvalue weighted by Crippen LogP contribution is -2.35. The number of rotatable bonds is 10. The Bertz CT molecular complexity index is 360. The Morgan fingerprint density at radius 2 is 1.70 bits per heavy atom. The zero-order valence-electron chi connectivity index (χ0n) is 13.1. The van der Waals surface area contributed by atoms with Gasteiger partial charge in [0.2, 0.25) is 5.75 Å². The molecule has 0 radical (unpaired) electrons. The first-order valence-corrected chi connectivity index (χ1v) is 7.33. The Balaban J connectivity index is 2.70. The third-order valence-corrected chi connectivity index (χ3v) is 3.13. The van der Waals surface area contributed by atoms with Gasteiger partial charge in [-0.3, -0.25) is 0 Å². The molecule has 1 aromatic carbocycles. The van der Waals surface area contributed by atoms with Crippen molar-refractivity contribution in [3.63, 3.8) is 0 Å². The monoisotopic (exact) mass is 281 g/mol. The summed E-state index contributed by atoms with van der Waals surface area (Å²) in [6.45, 7) is 5.98. The van der Waals surface area contributed by atoms with Crippen LogP contribution in [0, 0.1) is 0 Å². The molecular formula is C16H27NO3. The van der Waals surface area contributed by atoms with Crippen molar-refractivity contribution < 1.29 is 14.2 Å². The Kier molecular flexibility index (Phi) is 7.88. The highest BCUT2D eigenvalue weighted by molar-refractivity contribution is 5.51. The van der Waals surface area contributed by atoms with Crippen molar-refractivity contribution in [2.24, 2.45) is 0 Å². The molecule has 0 aliphatic carbocycles. The summed E-state index contributed by atoms with van der Waals surface area (Å²) in [6.07, 6.45) is 3.35. The Morgan fingerprint density at radius 1 is 1.05 bits per heavy atom. The van der Waals surface area contributed by atoms with Crippen molar-refractivity contribution in [1.82, 2.24) is 5.32 Å². The molecule has 0 aromatic heterocycles. The van der Waals surface area contributed by atoms with Crippen LogP contribution in [0.3, 0.4) is 0 Å². The van der Waals surface area contributed by atoms with Crippen LogP contribution >= 0.6 is 0 Å². The number of hydrogen-bond donors (Lipinski definition) is 1. The molecule has 1 rings (SSSR count). The molecule has 4 heteroatoms. The van der Waals surface area contributed by atoms with E-state index in [0.717, 1.165) is 25.8 Å². The van der Waals surface area contributed by atoms with Crippen LogP contribution in [-0.2, 0) is 0 Å². The highest BCUT2D eigenvalue weighted by Crippen LogP contribution is 2.36. The van der Waals surface area contributed by atoms with Gasteiger partial charge in [-0.25, -0.2) is 0 Å². The van der Waals surface area contributed by atoms with Gasteiger partial charge in [0.05, 0.1) is 14.2 Å². The lowest BCUT2D eigenvalue weighted by Gasteiger charge is -2.20. The van der Waals surface area contributed by atoms with Gasteiger partial charge in [-0.2, -0.15) is 0 Å². The average Bonchev–Trinajstić information content (AvgIpc) is 2.49. The van der Waals surface area contributed by atoms with E-state index in [1.54, 1.807) is 14.2 Å². The van der Waals surface area contributed by atoms with Gasteiger partial charge in [-0.05, 0) is 31.5 Å². The second-order valence-electron chi connectivity index (χ2n) is 4.74. The number of methoxy groups -OCH3 is 2. The van der Waals surface area contributed by atoms with Gasteiger partial charge in [0.1, 0.15) is 6.61 Å². The normalized spacial score (nSPS) is 12.0. The fourth-order valence-corrected chi connectivity index (χ4v) is 2.08. The first kappa shape index (κ1) is 16.6. The second-order valence-corrected chi connectivity index (χ2v) is 4.74. The largest absolute Gasteiger partial charge is 0.493 e. The van der Waals surface area contributed by atoms with Gasteiger partial charge < -0.3 is 19.5 Å². The van der Waals surface area contributed by atoms with Gasteiger partial charge in [0, 0.05) is 6.04 Å². The van der Waals surface area contributed by atoms with Crippen molar-refractivity contribution >= 4 is 0 Å². The maximum Gasteiger partial charge on any atom is 0.203 e. The molecule has 0 heterocycles. The van der Waals surface area contributed by atoms with Crippen LogP contribution in [0.5, 0.6) is 17.2 Å². The summed E-state index contributed by atoms with van der Waals surface area (Å²) in [4.78, 5) is 0. The standard InChI is InChI=1S/C16H27NO3/c1-5-8-13(17-11-6-2)12-20-16-14(18-3)9-7-10-15(16)19-4/h7,9-10,13,17H,5-6,8,11-12H2,1-4H3. The van der Waals surface area contributed by atoms with Gasteiger partial charge in [-0.1, -0.05) is 26.3 Å². The molecule has 1 aromatic rings. The van der Waals surface area contributed by atoms with Gasteiger partial charge >= 0.3 is 0 Å². The van der Waals surface area contributed by atoms with E-state index in [9.17, 15) is 0 Å². The highest BCUT2D eigenvalue weighted by atomic mass is 16.5. The predicted molar refractivity (Wildman–Crippen MR) is 82.0 cm³/mol. The molecule has 1 atom stereocenters. The van der Waals surface area contributed by atoms with Crippen LogP contribution in [0.4, 0.5) is 0 Å². The molecule has 0 saturated carbocycles. The summed E-state index contributed by atoms with van der Waals surface area (Å²) in [5, 5.41) is 3.51. The average molecular weight is 281 g/mol. The minimum Gasteiger partial charge on any atom is -0.493 e. The smallest absolute Gasteiger partial charge is 0.203 e. The summed E-state index contributed by atoms with van der Waals surface area (Å²) < 4.78 is 16.6. The van der Waals surface area contributed by atoms with Crippen LogP contribution in [0.25, 0.3) is 0 Å². The molecule has 0 fully saturated rings. The van der Waals surface area contributed by atoms with E-state index in [2.05, 4.69) is 19.2 Å². The van der Waals surface area contributed by atoms with E-state index in [-0.39, 0.29) is 0 Å². The highest BCUT2D eigenvalue weighted by Gasteiger charge is 2.14. The van der Waals surface area contributed by atoms with E-state index < -0.39 is 0 Å². The van der Waals surface area contributed by atoms with Crippen LogP contribution < -0.4 is 19.5 Å². The summed E-state index contributed by atoms with van der Waals surface area (Å²) in [6, 6.07) is 6.01. The zero-order chi connectivity index (χ0) is 14.8. The molecule has 4 nitrogen and oxygen atoms in total. The van der Waals surface area contributed by atoms with Crippen molar-refractivity contribution in [3.05, 3.63) is 18.2 Å². The van der Waals surface area contributed by atoms with E-state index >= 15 is 0 Å². The quantitative estimate of drug-likeness (QED) is 0.714. The summed E-state index contributed by atoms with van der Waals surface area (Å²) in [5.41, 5.74) is 0. The molecule has 0 amide bonds. The number of nitrogens with one attached hydrogen (secondary N) is 1. The van der Waals surface area contributed by atoms with E-state index in [0.29, 0.717) is 29.9 Å². The minimum atomic E-state index is 0.356. The Hall–Kier alpha value is -1.42. The maximum absolute atomic E-state index is 5.95. The predicted octanol–water partition coefficient (Wildman–Crippen LogP) is 3.25. The topological polar surface area (TPSA) is 39.7 Å². The summed E-state index contributed by atoms with van der Waals surface area (Å²) in [7, 11) is 3.28. The molecule has 1 unspecified atom stereocenters. The summed E-state index contributed by atoms with van der Waals surface area (Å²) in [5.74, 6) is 2.09. The molecule has 114 valence electrons. The third kappa shape index (κ3) is 4.93. The molecular weight excluding hydrogens is 254 g/mol. The number of para-hydroxylation sites is 1. The van der Waals surface area contributed by atoms with Crippen LogP contribution in [0.15, 0.2) is 18.2 Å². The minimum absolute atomic E-state index is 0.356. The molecule has 0 bridgehead atoms. The zero-order valence-corrected chi connectivity index (χ0v) is 13.1.